The summed E-state index contributed by atoms with van der Waals surface area (Å²) in [6.07, 6.45) is -4.04. The van der Waals surface area contributed by atoms with Gasteiger partial charge < -0.3 is 14.8 Å². The second kappa shape index (κ2) is 6.48. The van der Waals surface area contributed by atoms with Gasteiger partial charge >= 0.3 is 6.18 Å². The average molecular weight is 377 g/mol. The first kappa shape index (κ1) is 17.7. The van der Waals surface area contributed by atoms with Gasteiger partial charge in [0, 0.05) is 17.3 Å². The number of hydrogen-bond acceptors (Lipinski definition) is 3. The summed E-state index contributed by atoms with van der Waals surface area (Å²) in [5.41, 5.74) is 2.27. The summed E-state index contributed by atoms with van der Waals surface area (Å²) in [4.78, 5) is 12.6. The number of anilines is 1. The fourth-order valence-corrected chi connectivity index (χ4v) is 3.42. The highest BCUT2D eigenvalue weighted by molar-refractivity contribution is 6.05. The van der Waals surface area contributed by atoms with Crippen molar-refractivity contribution < 1.29 is 27.4 Å². The van der Waals surface area contributed by atoms with E-state index in [0.29, 0.717) is 47.1 Å². The number of fused-ring (bicyclic) bond motifs is 1. The molecule has 27 heavy (non-hydrogen) atoms. The van der Waals surface area contributed by atoms with Crippen molar-refractivity contribution in [3.05, 3.63) is 53.1 Å². The standard InChI is InChI=1S/C20H18F3NO3/c1-11-8-12(15-10-16(15)20(21,22)23)2-4-14(11)19(25)24-13-3-5-17-18(9-13)27-7-6-26-17/h2-5,8-9,15-16H,6-7,10H2,1H3,(H,24,25)/t15-,16-/m1/s1. The number of alkyl halides is 3. The molecule has 4 rings (SSSR count). The average Bonchev–Trinajstić information content (AvgIpc) is 3.42. The predicted molar refractivity (Wildman–Crippen MR) is 93.5 cm³/mol. The number of halogens is 3. The number of carbonyl (C=O) groups excluding carboxylic acids is 1. The molecular formula is C20H18F3NO3. The van der Waals surface area contributed by atoms with Gasteiger partial charge in [0.15, 0.2) is 11.5 Å². The van der Waals surface area contributed by atoms with E-state index >= 15 is 0 Å². The van der Waals surface area contributed by atoms with E-state index in [9.17, 15) is 18.0 Å². The van der Waals surface area contributed by atoms with E-state index in [1.807, 2.05) is 0 Å². The minimum Gasteiger partial charge on any atom is -0.486 e. The predicted octanol–water partition coefficient (Wildman–Crippen LogP) is 4.68. The molecule has 1 N–H and O–H groups in total. The van der Waals surface area contributed by atoms with Crippen molar-refractivity contribution in [2.75, 3.05) is 18.5 Å². The van der Waals surface area contributed by atoms with Crippen LogP contribution in [0.1, 0.15) is 33.8 Å². The SMILES string of the molecule is Cc1cc([C@H]2C[C@H]2C(F)(F)F)ccc1C(=O)Nc1ccc2c(c1)OCCO2. The monoisotopic (exact) mass is 377 g/mol. The Labute approximate surface area is 154 Å². The lowest BCUT2D eigenvalue weighted by molar-refractivity contribution is -0.148. The van der Waals surface area contributed by atoms with Crippen LogP contribution in [0, 0.1) is 12.8 Å². The molecule has 1 fully saturated rings. The normalized spacial score (nSPS) is 20.9. The molecule has 7 heteroatoms. The van der Waals surface area contributed by atoms with Gasteiger partial charge in [0.05, 0.1) is 5.92 Å². The van der Waals surface area contributed by atoms with Crippen molar-refractivity contribution in [1.82, 2.24) is 0 Å². The number of rotatable bonds is 3. The maximum atomic E-state index is 12.8. The van der Waals surface area contributed by atoms with Crippen LogP contribution in [0.3, 0.4) is 0 Å². The molecule has 0 saturated heterocycles. The van der Waals surface area contributed by atoms with Gasteiger partial charge in [0.25, 0.3) is 5.91 Å². The fourth-order valence-electron chi connectivity index (χ4n) is 3.42. The molecule has 0 aromatic heterocycles. The molecule has 1 aliphatic carbocycles. The van der Waals surface area contributed by atoms with E-state index in [-0.39, 0.29) is 12.3 Å². The van der Waals surface area contributed by atoms with E-state index < -0.39 is 18.0 Å². The zero-order valence-electron chi connectivity index (χ0n) is 14.6. The molecule has 2 aromatic carbocycles. The summed E-state index contributed by atoms with van der Waals surface area (Å²) in [7, 11) is 0. The van der Waals surface area contributed by atoms with Crippen molar-refractivity contribution in [3.8, 4) is 11.5 Å². The van der Waals surface area contributed by atoms with Crippen LogP contribution in [0.4, 0.5) is 18.9 Å². The number of hydrogen-bond donors (Lipinski definition) is 1. The number of aryl methyl sites for hydroxylation is 1. The van der Waals surface area contributed by atoms with Crippen LogP contribution in [-0.2, 0) is 0 Å². The van der Waals surface area contributed by atoms with Gasteiger partial charge in [0.2, 0.25) is 0 Å². The summed E-state index contributed by atoms with van der Waals surface area (Å²) in [6, 6.07) is 10.0. The highest BCUT2D eigenvalue weighted by Gasteiger charge is 2.56. The van der Waals surface area contributed by atoms with Crippen molar-refractivity contribution in [2.24, 2.45) is 5.92 Å². The van der Waals surface area contributed by atoms with Gasteiger partial charge in [-0.3, -0.25) is 4.79 Å². The smallest absolute Gasteiger partial charge is 0.392 e. The van der Waals surface area contributed by atoms with Crippen LogP contribution in [0.25, 0.3) is 0 Å². The molecule has 0 bridgehead atoms. The van der Waals surface area contributed by atoms with Gasteiger partial charge in [-0.2, -0.15) is 13.2 Å². The highest BCUT2D eigenvalue weighted by atomic mass is 19.4. The lowest BCUT2D eigenvalue weighted by Crippen LogP contribution is -2.17. The first-order chi connectivity index (χ1) is 12.8. The molecule has 1 saturated carbocycles. The summed E-state index contributed by atoms with van der Waals surface area (Å²) < 4.78 is 49.2. The topological polar surface area (TPSA) is 47.6 Å². The molecule has 1 heterocycles. The van der Waals surface area contributed by atoms with Crippen LogP contribution >= 0.6 is 0 Å². The van der Waals surface area contributed by atoms with Crippen molar-refractivity contribution in [3.63, 3.8) is 0 Å². The largest absolute Gasteiger partial charge is 0.486 e. The van der Waals surface area contributed by atoms with Gasteiger partial charge in [0.1, 0.15) is 13.2 Å². The van der Waals surface area contributed by atoms with Gasteiger partial charge in [-0.25, -0.2) is 0 Å². The number of carbonyl (C=O) groups is 1. The van der Waals surface area contributed by atoms with E-state index in [1.54, 1.807) is 43.3 Å². The molecule has 2 atom stereocenters. The number of benzene rings is 2. The Hall–Kier alpha value is -2.70. The summed E-state index contributed by atoms with van der Waals surface area (Å²) in [6.45, 7) is 2.67. The minimum atomic E-state index is -4.16. The number of ether oxygens (including phenoxy) is 2. The van der Waals surface area contributed by atoms with Crippen LogP contribution in [0.15, 0.2) is 36.4 Å². The fraction of sp³-hybridized carbons (Fsp3) is 0.350. The van der Waals surface area contributed by atoms with Crippen molar-refractivity contribution in [2.45, 2.75) is 25.4 Å². The van der Waals surface area contributed by atoms with E-state index in [1.165, 1.54) is 0 Å². The Morgan fingerprint density at radius 1 is 1.07 bits per heavy atom. The number of nitrogens with one attached hydrogen (secondary N) is 1. The highest BCUT2D eigenvalue weighted by Crippen LogP contribution is 2.56. The third kappa shape index (κ3) is 3.59. The van der Waals surface area contributed by atoms with Crippen LogP contribution in [-0.4, -0.2) is 25.3 Å². The third-order valence-electron chi connectivity index (χ3n) is 4.93. The first-order valence-corrected chi connectivity index (χ1v) is 8.71. The van der Waals surface area contributed by atoms with Crippen LogP contribution < -0.4 is 14.8 Å². The molecule has 1 aliphatic heterocycles. The third-order valence-corrected chi connectivity index (χ3v) is 4.93. The maximum Gasteiger partial charge on any atom is 0.392 e. The van der Waals surface area contributed by atoms with Crippen molar-refractivity contribution >= 4 is 11.6 Å². The molecule has 0 unspecified atom stereocenters. The quantitative estimate of drug-likeness (QED) is 0.845. The Balaban J connectivity index is 1.48. The van der Waals surface area contributed by atoms with Gasteiger partial charge in [-0.1, -0.05) is 12.1 Å². The van der Waals surface area contributed by atoms with Crippen LogP contribution in [0.5, 0.6) is 11.5 Å². The van der Waals surface area contributed by atoms with E-state index in [2.05, 4.69) is 5.32 Å². The lowest BCUT2D eigenvalue weighted by Gasteiger charge is -2.19. The van der Waals surface area contributed by atoms with Crippen molar-refractivity contribution in [1.29, 1.82) is 0 Å². The molecule has 0 spiro atoms. The molecule has 0 radical (unpaired) electrons. The Bertz CT molecular complexity index is 895. The molecule has 2 aliphatic rings. The van der Waals surface area contributed by atoms with E-state index in [0.717, 1.165) is 0 Å². The molecular weight excluding hydrogens is 359 g/mol. The summed E-state index contributed by atoms with van der Waals surface area (Å²) >= 11 is 0. The van der Waals surface area contributed by atoms with Gasteiger partial charge in [-0.15, -0.1) is 0 Å². The zero-order chi connectivity index (χ0) is 19.2. The number of amides is 1. The maximum absolute atomic E-state index is 12.8. The summed E-state index contributed by atoms with van der Waals surface area (Å²) in [5.74, 6) is -0.895. The molecule has 1 amide bonds. The Morgan fingerprint density at radius 3 is 2.48 bits per heavy atom. The second-order valence-corrected chi connectivity index (χ2v) is 6.88. The summed E-state index contributed by atoms with van der Waals surface area (Å²) in [5, 5.41) is 2.79. The molecule has 142 valence electrons. The van der Waals surface area contributed by atoms with Gasteiger partial charge in [-0.05, 0) is 48.6 Å². The Morgan fingerprint density at radius 2 is 1.81 bits per heavy atom. The minimum absolute atomic E-state index is 0.117. The second-order valence-electron chi connectivity index (χ2n) is 6.88. The molecule has 2 aromatic rings. The Kier molecular flexibility index (Phi) is 4.25. The molecule has 4 nitrogen and oxygen atoms in total. The van der Waals surface area contributed by atoms with E-state index in [4.69, 9.17) is 9.47 Å². The lowest BCUT2D eigenvalue weighted by atomic mass is 10.0. The first-order valence-electron chi connectivity index (χ1n) is 8.71. The zero-order valence-corrected chi connectivity index (χ0v) is 14.6. The van der Waals surface area contributed by atoms with Crippen LogP contribution in [0.2, 0.25) is 0 Å².